The molecule has 24 heavy (non-hydrogen) atoms. The molecule has 2 N–H and O–H groups in total. The van der Waals surface area contributed by atoms with Crippen molar-refractivity contribution in [2.24, 2.45) is 5.92 Å². The summed E-state index contributed by atoms with van der Waals surface area (Å²) in [5.74, 6) is 1.55. The second-order valence-electron chi connectivity index (χ2n) is 7.29. The van der Waals surface area contributed by atoms with Crippen molar-refractivity contribution in [2.45, 2.75) is 37.7 Å². The first kappa shape index (κ1) is 16.1. The third-order valence-corrected chi connectivity index (χ3v) is 5.86. The molecule has 2 saturated carbocycles. The summed E-state index contributed by atoms with van der Waals surface area (Å²) in [5.41, 5.74) is 4.22. The molecule has 2 fully saturated rings. The molecule has 0 radical (unpaired) electrons. The highest BCUT2D eigenvalue weighted by atomic mass is 127. The van der Waals surface area contributed by atoms with E-state index in [0.717, 1.165) is 24.4 Å². The van der Waals surface area contributed by atoms with Crippen molar-refractivity contribution in [3.63, 3.8) is 0 Å². The van der Waals surface area contributed by atoms with Crippen molar-refractivity contribution in [3.05, 3.63) is 54.1 Å². The van der Waals surface area contributed by atoms with Crippen LogP contribution < -0.4 is 13.6 Å². The maximum Gasteiger partial charge on any atom is 0.121 e. The van der Waals surface area contributed by atoms with E-state index in [4.69, 9.17) is 4.74 Å². The van der Waals surface area contributed by atoms with Gasteiger partial charge >= 0.3 is 0 Å². The van der Waals surface area contributed by atoms with Crippen LogP contribution in [0.25, 0.3) is 0 Å². The summed E-state index contributed by atoms with van der Waals surface area (Å²) in [6.07, 6.45) is 4.13. The van der Waals surface area contributed by atoms with Gasteiger partial charge in [-0.3, -0.25) is 0 Å². The van der Waals surface area contributed by atoms with Crippen LogP contribution in [0.2, 0.25) is 0 Å². The summed E-state index contributed by atoms with van der Waals surface area (Å²) in [6, 6.07) is 17.1. The van der Waals surface area contributed by atoms with Crippen molar-refractivity contribution in [1.82, 2.24) is 0 Å². The summed E-state index contributed by atoms with van der Waals surface area (Å²) < 4.78 is 9.17. The number of hydrogen-bond acceptors (Lipinski definition) is 3. The van der Waals surface area contributed by atoms with Crippen molar-refractivity contribution >= 4 is 34.2 Å². The second kappa shape index (κ2) is 6.47. The number of ether oxygens (including phenoxy) is 1. The van der Waals surface area contributed by atoms with Crippen molar-refractivity contribution in [1.29, 1.82) is 0 Å². The van der Waals surface area contributed by atoms with Gasteiger partial charge in [-0.05, 0) is 54.5 Å². The van der Waals surface area contributed by atoms with E-state index >= 15 is 0 Å². The van der Waals surface area contributed by atoms with Gasteiger partial charge in [0.1, 0.15) is 11.9 Å². The van der Waals surface area contributed by atoms with Gasteiger partial charge < -0.3 is 13.6 Å². The SMILES string of the molecule is CC1(c2ccc(NCC3CC3Oc3cccc(NI)c3)cc2)CC1. The van der Waals surface area contributed by atoms with Crippen LogP contribution in [0.4, 0.5) is 11.4 Å². The Kier molecular flexibility index (Phi) is 4.33. The molecule has 0 saturated heterocycles. The van der Waals surface area contributed by atoms with Gasteiger partial charge in [0.15, 0.2) is 0 Å². The molecule has 0 spiro atoms. The van der Waals surface area contributed by atoms with Crippen LogP contribution in [0.15, 0.2) is 48.5 Å². The third kappa shape index (κ3) is 3.63. The minimum atomic E-state index is 0.339. The monoisotopic (exact) mass is 434 g/mol. The van der Waals surface area contributed by atoms with E-state index in [1.165, 1.54) is 24.1 Å². The first-order valence-electron chi connectivity index (χ1n) is 8.64. The molecule has 3 nitrogen and oxygen atoms in total. The van der Waals surface area contributed by atoms with Crippen molar-refractivity contribution in [3.8, 4) is 5.75 Å². The maximum atomic E-state index is 6.06. The van der Waals surface area contributed by atoms with Gasteiger partial charge in [0.2, 0.25) is 0 Å². The molecule has 0 amide bonds. The van der Waals surface area contributed by atoms with E-state index in [2.05, 4.69) is 62.9 Å². The highest BCUT2D eigenvalue weighted by Gasteiger charge is 2.40. The zero-order valence-corrected chi connectivity index (χ0v) is 16.0. The molecule has 2 aromatic rings. The molecule has 126 valence electrons. The molecule has 2 aliphatic carbocycles. The highest BCUT2D eigenvalue weighted by molar-refractivity contribution is 14.1. The third-order valence-electron chi connectivity index (χ3n) is 5.24. The molecule has 0 heterocycles. The predicted molar refractivity (Wildman–Crippen MR) is 108 cm³/mol. The Morgan fingerprint density at radius 1 is 1.12 bits per heavy atom. The fraction of sp³-hybridized carbons (Fsp3) is 0.400. The molecule has 0 aromatic heterocycles. The number of benzene rings is 2. The van der Waals surface area contributed by atoms with Gasteiger partial charge in [-0.15, -0.1) is 0 Å². The molecular weight excluding hydrogens is 411 g/mol. The largest absolute Gasteiger partial charge is 0.490 e. The molecule has 4 rings (SSSR count). The van der Waals surface area contributed by atoms with Crippen LogP contribution in [0, 0.1) is 5.92 Å². The molecule has 2 unspecified atom stereocenters. The average molecular weight is 434 g/mol. The normalized spacial score (nSPS) is 23.4. The van der Waals surface area contributed by atoms with E-state index in [-0.39, 0.29) is 0 Å². The van der Waals surface area contributed by atoms with Gasteiger partial charge in [-0.1, -0.05) is 25.1 Å². The summed E-state index contributed by atoms with van der Waals surface area (Å²) in [5, 5.41) is 3.55. The van der Waals surface area contributed by atoms with Crippen molar-refractivity contribution < 1.29 is 4.74 Å². The lowest BCUT2D eigenvalue weighted by Crippen LogP contribution is -2.09. The number of anilines is 2. The fourth-order valence-corrected chi connectivity index (χ4v) is 3.43. The lowest BCUT2D eigenvalue weighted by Gasteiger charge is -2.11. The van der Waals surface area contributed by atoms with Gasteiger partial charge in [0.05, 0.1) is 22.9 Å². The Bertz CT molecular complexity index is 712. The topological polar surface area (TPSA) is 33.3 Å². The van der Waals surface area contributed by atoms with Crippen LogP contribution in [0.3, 0.4) is 0 Å². The summed E-state index contributed by atoms with van der Waals surface area (Å²) >= 11 is 2.14. The first-order valence-corrected chi connectivity index (χ1v) is 9.72. The second-order valence-corrected chi connectivity index (χ2v) is 7.83. The predicted octanol–water partition coefficient (Wildman–Crippen LogP) is 5.38. The number of halogens is 1. The lowest BCUT2D eigenvalue weighted by atomic mass is 9.98. The van der Waals surface area contributed by atoms with Crippen molar-refractivity contribution in [2.75, 3.05) is 15.4 Å². The summed E-state index contributed by atoms with van der Waals surface area (Å²) in [7, 11) is 0. The maximum absolute atomic E-state index is 6.06. The van der Waals surface area contributed by atoms with Crippen LogP contribution in [0.1, 0.15) is 31.7 Å². The van der Waals surface area contributed by atoms with Crippen LogP contribution >= 0.6 is 22.9 Å². The van der Waals surface area contributed by atoms with E-state index in [1.54, 1.807) is 0 Å². The average Bonchev–Trinajstić information content (AvgIpc) is 3.53. The molecular formula is C20H23IN2O. The van der Waals surface area contributed by atoms with Gasteiger partial charge in [0.25, 0.3) is 0 Å². The summed E-state index contributed by atoms with van der Waals surface area (Å²) in [6.45, 7) is 3.33. The Balaban J connectivity index is 1.25. The zero-order chi connectivity index (χ0) is 16.6. The first-order chi connectivity index (χ1) is 11.7. The van der Waals surface area contributed by atoms with Gasteiger partial charge in [-0.2, -0.15) is 0 Å². The Morgan fingerprint density at radius 3 is 2.62 bits per heavy atom. The van der Waals surface area contributed by atoms with E-state index in [0.29, 0.717) is 17.4 Å². The smallest absolute Gasteiger partial charge is 0.121 e. The Labute approximate surface area is 157 Å². The van der Waals surface area contributed by atoms with E-state index < -0.39 is 0 Å². The molecule has 2 atom stereocenters. The minimum Gasteiger partial charge on any atom is -0.490 e. The van der Waals surface area contributed by atoms with E-state index in [9.17, 15) is 0 Å². The lowest BCUT2D eigenvalue weighted by molar-refractivity contribution is 0.287. The number of nitrogens with one attached hydrogen (secondary N) is 2. The fourth-order valence-electron chi connectivity index (χ4n) is 3.10. The number of rotatable bonds is 7. The highest BCUT2D eigenvalue weighted by Crippen LogP contribution is 2.47. The standard InChI is InChI=1S/C20H23IN2O/c1-20(9-10-20)15-5-7-16(8-6-15)22-13-14-11-19(14)24-18-4-2-3-17(12-18)23-21/h2-8,12,14,19,22-23H,9-11,13H2,1H3. The van der Waals surface area contributed by atoms with Gasteiger partial charge in [-0.25, -0.2) is 0 Å². The van der Waals surface area contributed by atoms with Crippen LogP contribution in [-0.4, -0.2) is 12.6 Å². The molecule has 2 aliphatic rings. The number of hydrogen-bond donors (Lipinski definition) is 2. The zero-order valence-electron chi connectivity index (χ0n) is 13.9. The molecule has 0 bridgehead atoms. The molecule has 4 heteroatoms. The Hall–Kier alpha value is -1.43. The minimum absolute atomic E-state index is 0.339. The quantitative estimate of drug-likeness (QED) is 0.454. The van der Waals surface area contributed by atoms with E-state index in [1.807, 2.05) is 24.3 Å². The van der Waals surface area contributed by atoms with Gasteiger partial charge in [0, 0.05) is 29.9 Å². The van der Waals surface area contributed by atoms with Crippen LogP contribution in [-0.2, 0) is 5.41 Å². The summed E-state index contributed by atoms with van der Waals surface area (Å²) in [4.78, 5) is 0. The molecule has 2 aromatic carbocycles. The van der Waals surface area contributed by atoms with Crippen LogP contribution in [0.5, 0.6) is 5.75 Å². The molecule has 0 aliphatic heterocycles. The Morgan fingerprint density at radius 2 is 1.92 bits per heavy atom.